The fraction of sp³-hybridized carbons (Fsp3) is 0.500. The Bertz CT molecular complexity index is 387. The zero-order valence-electron chi connectivity index (χ0n) is 12.1. The summed E-state index contributed by atoms with van der Waals surface area (Å²) in [6.07, 6.45) is 1.54. The zero-order chi connectivity index (χ0) is 14.1. The summed E-state index contributed by atoms with van der Waals surface area (Å²) in [6.45, 7) is 6.09. The summed E-state index contributed by atoms with van der Waals surface area (Å²) in [5.41, 5.74) is 0. The molecule has 4 nitrogen and oxygen atoms in total. The Morgan fingerprint density at radius 3 is 2.50 bits per heavy atom. The molecule has 0 spiro atoms. The molecule has 0 saturated carbocycles. The zero-order valence-corrected chi connectivity index (χ0v) is 13.8. The number of nitrogens with one attached hydrogen (secondary N) is 2. The highest BCUT2D eigenvalue weighted by molar-refractivity contribution is 7.98. The summed E-state index contributed by atoms with van der Waals surface area (Å²) in [7, 11) is 0. The first-order chi connectivity index (χ1) is 9.17. The molecule has 1 unspecified atom stereocenters. The molecule has 20 heavy (non-hydrogen) atoms. The third-order valence-electron chi connectivity index (χ3n) is 2.59. The van der Waals surface area contributed by atoms with Crippen LogP contribution in [0.2, 0.25) is 0 Å². The molecule has 1 aromatic rings. The van der Waals surface area contributed by atoms with Crippen LogP contribution >= 0.6 is 24.2 Å². The van der Waals surface area contributed by atoms with Crippen LogP contribution in [0.25, 0.3) is 0 Å². The minimum atomic E-state index is -0.484. The van der Waals surface area contributed by atoms with E-state index in [0.29, 0.717) is 12.3 Å². The Morgan fingerprint density at radius 1 is 1.30 bits per heavy atom. The van der Waals surface area contributed by atoms with Crippen molar-refractivity contribution >= 4 is 30.1 Å². The lowest BCUT2D eigenvalue weighted by Crippen LogP contribution is -2.39. The molecule has 0 aliphatic rings. The van der Waals surface area contributed by atoms with Gasteiger partial charge in [0.05, 0.1) is 0 Å². The molecule has 1 rings (SSSR count). The molecule has 1 aromatic carbocycles. The summed E-state index contributed by atoms with van der Waals surface area (Å²) >= 11 is 1.68. The normalized spacial score (nSPS) is 11.3. The SMILES string of the molecule is CCNCCNC(=O)C(C)Oc1ccc(SC)cc1.Cl. The summed E-state index contributed by atoms with van der Waals surface area (Å²) in [6, 6.07) is 7.73. The maximum Gasteiger partial charge on any atom is 0.260 e. The number of hydrogen-bond acceptors (Lipinski definition) is 4. The molecule has 0 aliphatic heterocycles. The Morgan fingerprint density at radius 2 is 1.95 bits per heavy atom. The maximum atomic E-state index is 11.8. The van der Waals surface area contributed by atoms with Crippen molar-refractivity contribution in [1.29, 1.82) is 0 Å². The van der Waals surface area contributed by atoms with Gasteiger partial charge in [0.15, 0.2) is 6.10 Å². The topological polar surface area (TPSA) is 50.4 Å². The van der Waals surface area contributed by atoms with Gasteiger partial charge in [-0.05, 0) is 44.0 Å². The number of hydrogen-bond donors (Lipinski definition) is 2. The average molecular weight is 319 g/mol. The number of thioether (sulfide) groups is 1. The lowest BCUT2D eigenvalue weighted by molar-refractivity contribution is -0.127. The molecular formula is C14H23ClN2O2S. The number of benzene rings is 1. The third-order valence-corrected chi connectivity index (χ3v) is 3.34. The van der Waals surface area contributed by atoms with Crippen molar-refractivity contribution in [2.75, 3.05) is 25.9 Å². The van der Waals surface area contributed by atoms with Crippen molar-refractivity contribution in [3.8, 4) is 5.75 Å². The number of carbonyl (C=O) groups is 1. The van der Waals surface area contributed by atoms with Gasteiger partial charge in [-0.2, -0.15) is 0 Å². The van der Waals surface area contributed by atoms with E-state index in [0.717, 1.165) is 13.1 Å². The predicted octanol–water partition coefficient (Wildman–Crippen LogP) is 2.32. The molecule has 0 aromatic heterocycles. The van der Waals surface area contributed by atoms with E-state index in [9.17, 15) is 4.79 Å². The van der Waals surface area contributed by atoms with Crippen LogP contribution in [-0.4, -0.2) is 37.9 Å². The third kappa shape index (κ3) is 7.03. The van der Waals surface area contributed by atoms with Gasteiger partial charge in [-0.15, -0.1) is 24.2 Å². The molecule has 0 fully saturated rings. The van der Waals surface area contributed by atoms with E-state index in [1.165, 1.54) is 4.90 Å². The molecule has 0 radical (unpaired) electrons. The van der Waals surface area contributed by atoms with Gasteiger partial charge in [0.2, 0.25) is 0 Å². The van der Waals surface area contributed by atoms with E-state index >= 15 is 0 Å². The van der Waals surface area contributed by atoms with Gasteiger partial charge in [-0.1, -0.05) is 6.92 Å². The van der Waals surface area contributed by atoms with Crippen molar-refractivity contribution in [1.82, 2.24) is 10.6 Å². The quantitative estimate of drug-likeness (QED) is 0.570. The highest BCUT2D eigenvalue weighted by Gasteiger charge is 2.13. The fourth-order valence-electron chi connectivity index (χ4n) is 1.51. The van der Waals surface area contributed by atoms with Crippen LogP contribution in [-0.2, 0) is 4.79 Å². The summed E-state index contributed by atoms with van der Waals surface area (Å²) in [5, 5.41) is 5.98. The van der Waals surface area contributed by atoms with E-state index in [1.807, 2.05) is 37.4 Å². The summed E-state index contributed by atoms with van der Waals surface area (Å²) in [5.74, 6) is 0.624. The number of likely N-dealkylation sites (N-methyl/N-ethyl adjacent to an activating group) is 1. The summed E-state index contributed by atoms with van der Waals surface area (Å²) in [4.78, 5) is 12.9. The average Bonchev–Trinajstić information content (AvgIpc) is 2.44. The lowest BCUT2D eigenvalue weighted by atomic mass is 10.3. The second-order valence-corrected chi connectivity index (χ2v) is 4.96. The Balaban J connectivity index is 0.00000361. The van der Waals surface area contributed by atoms with Crippen molar-refractivity contribution in [3.05, 3.63) is 24.3 Å². The van der Waals surface area contributed by atoms with Crippen molar-refractivity contribution in [2.24, 2.45) is 0 Å². The van der Waals surface area contributed by atoms with Gasteiger partial charge < -0.3 is 15.4 Å². The van der Waals surface area contributed by atoms with Crippen molar-refractivity contribution in [2.45, 2.75) is 24.8 Å². The van der Waals surface area contributed by atoms with Crippen LogP contribution in [0.15, 0.2) is 29.2 Å². The van der Waals surface area contributed by atoms with Crippen LogP contribution in [0.3, 0.4) is 0 Å². The van der Waals surface area contributed by atoms with E-state index in [4.69, 9.17) is 4.74 Å². The van der Waals surface area contributed by atoms with Gasteiger partial charge in [-0.25, -0.2) is 0 Å². The van der Waals surface area contributed by atoms with Crippen LogP contribution in [0.4, 0.5) is 0 Å². The largest absolute Gasteiger partial charge is 0.481 e. The second-order valence-electron chi connectivity index (χ2n) is 4.08. The molecule has 2 N–H and O–H groups in total. The number of halogens is 1. The number of amides is 1. The number of rotatable bonds is 8. The van der Waals surface area contributed by atoms with Crippen LogP contribution in [0.1, 0.15) is 13.8 Å². The van der Waals surface area contributed by atoms with Gasteiger partial charge >= 0.3 is 0 Å². The van der Waals surface area contributed by atoms with E-state index in [-0.39, 0.29) is 18.3 Å². The highest BCUT2D eigenvalue weighted by atomic mass is 35.5. The van der Waals surface area contributed by atoms with Crippen LogP contribution < -0.4 is 15.4 Å². The molecule has 6 heteroatoms. The van der Waals surface area contributed by atoms with Crippen LogP contribution in [0, 0.1) is 0 Å². The number of ether oxygens (including phenoxy) is 1. The first-order valence-electron chi connectivity index (χ1n) is 6.46. The van der Waals surface area contributed by atoms with Crippen molar-refractivity contribution in [3.63, 3.8) is 0 Å². The molecular weight excluding hydrogens is 296 g/mol. The molecule has 1 atom stereocenters. The van der Waals surface area contributed by atoms with Gasteiger partial charge in [0.25, 0.3) is 5.91 Å². The molecule has 1 amide bonds. The fourth-order valence-corrected chi connectivity index (χ4v) is 1.91. The van der Waals surface area contributed by atoms with Gasteiger partial charge in [0, 0.05) is 18.0 Å². The Hall–Kier alpha value is -0.910. The van der Waals surface area contributed by atoms with Crippen LogP contribution in [0.5, 0.6) is 5.75 Å². The minimum Gasteiger partial charge on any atom is -0.481 e. The van der Waals surface area contributed by atoms with E-state index < -0.39 is 6.10 Å². The Labute approximate surface area is 131 Å². The number of carbonyl (C=O) groups excluding carboxylic acids is 1. The highest BCUT2D eigenvalue weighted by Crippen LogP contribution is 2.19. The first-order valence-corrected chi connectivity index (χ1v) is 7.69. The monoisotopic (exact) mass is 318 g/mol. The molecule has 0 aliphatic carbocycles. The van der Waals surface area contributed by atoms with E-state index in [2.05, 4.69) is 10.6 Å². The minimum absolute atomic E-state index is 0. The lowest BCUT2D eigenvalue weighted by Gasteiger charge is -2.15. The predicted molar refractivity (Wildman–Crippen MR) is 87.1 cm³/mol. The van der Waals surface area contributed by atoms with Gasteiger partial charge in [-0.3, -0.25) is 4.79 Å². The molecule has 0 saturated heterocycles. The molecule has 0 heterocycles. The second kappa shape index (κ2) is 10.8. The summed E-state index contributed by atoms with van der Waals surface area (Å²) < 4.78 is 5.59. The molecule has 0 bridgehead atoms. The maximum absolute atomic E-state index is 11.8. The Kier molecular flexibility index (Phi) is 10.3. The standard InChI is InChI=1S/C14H22N2O2S.ClH/c1-4-15-9-10-16-14(17)11(2)18-12-5-7-13(19-3)8-6-12;/h5-8,11,15H,4,9-10H2,1-3H3,(H,16,17);1H. The smallest absolute Gasteiger partial charge is 0.260 e. The molecule has 114 valence electrons. The first kappa shape index (κ1) is 19.1. The van der Waals surface area contributed by atoms with Crippen molar-refractivity contribution < 1.29 is 9.53 Å². The van der Waals surface area contributed by atoms with E-state index in [1.54, 1.807) is 18.7 Å². The van der Waals surface area contributed by atoms with Gasteiger partial charge in [0.1, 0.15) is 5.75 Å².